The summed E-state index contributed by atoms with van der Waals surface area (Å²) in [6, 6.07) is 8.18. The topological polar surface area (TPSA) is 38.3 Å². The monoisotopic (exact) mass is 361 g/mol. The fourth-order valence-corrected chi connectivity index (χ4v) is 2.07. The van der Waals surface area contributed by atoms with Gasteiger partial charge in [0.15, 0.2) is 0 Å². The lowest BCUT2D eigenvalue weighted by molar-refractivity contribution is -0.145. The van der Waals surface area contributed by atoms with Crippen LogP contribution in [0.5, 0.6) is 0 Å². The fraction of sp³-hybridized carbons (Fsp3) is 0.500. The Kier molecular flexibility index (Phi) is 6.63. The Labute approximate surface area is 122 Å². The smallest absolute Gasteiger partial charge is 0.323 e. The number of halogens is 1. The molecule has 0 heterocycles. The van der Waals surface area contributed by atoms with Gasteiger partial charge in [-0.3, -0.25) is 4.79 Å². The van der Waals surface area contributed by atoms with Crippen molar-refractivity contribution in [3.05, 3.63) is 33.4 Å². The number of carbonyl (C=O) groups is 1. The van der Waals surface area contributed by atoms with Crippen molar-refractivity contribution in [2.75, 3.05) is 6.61 Å². The lowest BCUT2D eigenvalue weighted by atomic mass is 10.1. The Balaban J connectivity index is 2.71. The first kappa shape index (κ1) is 15.4. The van der Waals surface area contributed by atoms with Gasteiger partial charge in [0.1, 0.15) is 6.04 Å². The molecule has 18 heavy (non-hydrogen) atoms. The molecule has 0 saturated heterocycles. The van der Waals surface area contributed by atoms with Crippen molar-refractivity contribution in [1.82, 2.24) is 5.32 Å². The Morgan fingerprint density at radius 1 is 1.33 bits per heavy atom. The standard InChI is InChI=1S/C14H20INO2/c1-4-18-14(17)13(16-10(2)3)9-11-5-7-12(15)8-6-11/h5-8,10,13,16H,4,9H2,1-3H3. The van der Waals surface area contributed by atoms with Crippen LogP contribution in [0.2, 0.25) is 0 Å². The van der Waals surface area contributed by atoms with E-state index in [1.165, 1.54) is 3.57 Å². The molecule has 0 amide bonds. The van der Waals surface area contributed by atoms with Crippen LogP contribution in [-0.2, 0) is 16.0 Å². The van der Waals surface area contributed by atoms with Crippen molar-refractivity contribution >= 4 is 28.6 Å². The van der Waals surface area contributed by atoms with E-state index in [0.29, 0.717) is 13.0 Å². The Morgan fingerprint density at radius 3 is 2.44 bits per heavy atom. The highest BCUT2D eigenvalue weighted by molar-refractivity contribution is 14.1. The summed E-state index contributed by atoms with van der Waals surface area (Å²) >= 11 is 2.27. The van der Waals surface area contributed by atoms with Gasteiger partial charge in [-0.05, 0) is 53.6 Å². The average molecular weight is 361 g/mol. The van der Waals surface area contributed by atoms with E-state index in [1.54, 1.807) is 0 Å². The molecule has 1 unspecified atom stereocenters. The van der Waals surface area contributed by atoms with Gasteiger partial charge in [-0.2, -0.15) is 0 Å². The molecule has 4 heteroatoms. The quantitative estimate of drug-likeness (QED) is 0.626. The van der Waals surface area contributed by atoms with Crippen LogP contribution in [0.1, 0.15) is 26.3 Å². The second kappa shape index (κ2) is 7.74. The second-order valence-electron chi connectivity index (χ2n) is 4.46. The predicted molar refractivity (Wildman–Crippen MR) is 81.6 cm³/mol. The van der Waals surface area contributed by atoms with Gasteiger partial charge in [0.2, 0.25) is 0 Å². The largest absolute Gasteiger partial charge is 0.465 e. The zero-order chi connectivity index (χ0) is 13.5. The van der Waals surface area contributed by atoms with E-state index in [2.05, 4.69) is 40.0 Å². The molecule has 1 rings (SSSR count). The molecule has 1 atom stereocenters. The van der Waals surface area contributed by atoms with Gasteiger partial charge in [-0.15, -0.1) is 0 Å². The third-order valence-electron chi connectivity index (χ3n) is 2.46. The lowest BCUT2D eigenvalue weighted by Crippen LogP contribution is -2.43. The summed E-state index contributed by atoms with van der Waals surface area (Å²) in [4.78, 5) is 11.9. The summed E-state index contributed by atoms with van der Waals surface area (Å²) in [5, 5.41) is 3.25. The molecule has 1 aromatic rings. The molecule has 3 nitrogen and oxygen atoms in total. The summed E-state index contributed by atoms with van der Waals surface area (Å²) in [6.45, 7) is 6.30. The first-order chi connectivity index (χ1) is 8.52. The van der Waals surface area contributed by atoms with E-state index < -0.39 is 0 Å². The normalized spacial score (nSPS) is 12.5. The number of ether oxygens (including phenoxy) is 1. The van der Waals surface area contributed by atoms with Crippen LogP contribution in [0.25, 0.3) is 0 Å². The first-order valence-electron chi connectivity index (χ1n) is 6.20. The summed E-state index contributed by atoms with van der Waals surface area (Å²) in [5.41, 5.74) is 1.14. The predicted octanol–water partition coefficient (Wildman–Crippen LogP) is 2.76. The van der Waals surface area contributed by atoms with E-state index in [-0.39, 0.29) is 18.1 Å². The highest BCUT2D eigenvalue weighted by Crippen LogP contribution is 2.10. The number of rotatable bonds is 6. The minimum Gasteiger partial charge on any atom is -0.465 e. The third-order valence-corrected chi connectivity index (χ3v) is 3.18. The number of hydrogen-bond donors (Lipinski definition) is 1. The van der Waals surface area contributed by atoms with Crippen LogP contribution in [0, 0.1) is 3.57 Å². The highest BCUT2D eigenvalue weighted by Gasteiger charge is 2.20. The van der Waals surface area contributed by atoms with Crippen molar-refractivity contribution < 1.29 is 9.53 Å². The number of benzene rings is 1. The molecule has 0 aliphatic carbocycles. The highest BCUT2D eigenvalue weighted by atomic mass is 127. The number of nitrogens with one attached hydrogen (secondary N) is 1. The van der Waals surface area contributed by atoms with Gasteiger partial charge in [0.25, 0.3) is 0 Å². The Hall–Kier alpha value is -0.620. The molecular formula is C14H20INO2. The van der Waals surface area contributed by atoms with Gasteiger partial charge in [0, 0.05) is 9.61 Å². The molecule has 0 fully saturated rings. The van der Waals surface area contributed by atoms with Crippen LogP contribution in [0.3, 0.4) is 0 Å². The number of hydrogen-bond acceptors (Lipinski definition) is 3. The third kappa shape index (κ3) is 5.35. The van der Waals surface area contributed by atoms with E-state index in [9.17, 15) is 4.79 Å². The zero-order valence-electron chi connectivity index (χ0n) is 11.1. The van der Waals surface area contributed by atoms with Crippen molar-refractivity contribution in [1.29, 1.82) is 0 Å². The van der Waals surface area contributed by atoms with Crippen LogP contribution in [-0.4, -0.2) is 24.7 Å². The second-order valence-corrected chi connectivity index (χ2v) is 5.70. The van der Waals surface area contributed by atoms with E-state index in [1.807, 2.05) is 32.9 Å². The maximum atomic E-state index is 11.9. The van der Waals surface area contributed by atoms with E-state index >= 15 is 0 Å². The molecule has 100 valence electrons. The zero-order valence-corrected chi connectivity index (χ0v) is 13.2. The fourth-order valence-electron chi connectivity index (χ4n) is 1.71. The first-order valence-corrected chi connectivity index (χ1v) is 7.28. The van der Waals surface area contributed by atoms with Crippen LogP contribution < -0.4 is 5.32 Å². The van der Waals surface area contributed by atoms with Crippen molar-refractivity contribution in [2.24, 2.45) is 0 Å². The molecule has 0 aliphatic heterocycles. The molecular weight excluding hydrogens is 341 g/mol. The summed E-state index contributed by atoms with van der Waals surface area (Å²) < 4.78 is 6.29. The Bertz CT molecular complexity index is 376. The van der Waals surface area contributed by atoms with Gasteiger partial charge >= 0.3 is 5.97 Å². The van der Waals surface area contributed by atoms with Crippen molar-refractivity contribution in [3.63, 3.8) is 0 Å². The molecule has 1 aromatic carbocycles. The summed E-state index contributed by atoms with van der Waals surface area (Å²) in [5.74, 6) is -0.176. The minimum atomic E-state index is -0.273. The molecule has 0 saturated carbocycles. The molecule has 1 N–H and O–H groups in total. The van der Waals surface area contributed by atoms with Gasteiger partial charge in [0.05, 0.1) is 6.61 Å². The number of carbonyl (C=O) groups excluding carboxylic acids is 1. The molecule has 0 aromatic heterocycles. The average Bonchev–Trinajstić information content (AvgIpc) is 2.31. The van der Waals surface area contributed by atoms with Crippen molar-refractivity contribution in [3.8, 4) is 0 Å². The lowest BCUT2D eigenvalue weighted by Gasteiger charge is -2.19. The molecule has 0 spiro atoms. The SMILES string of the molecule is CCOC(=O)C(Cc1ccc(I)cc1)NC(C)C. The van der Waals surface area contributed by atoms with Crippen molar-refractivity contribution in [2.45, 2.75) is 39.3 Å². The van der Waals surface area contributed by atoms with Gasteiger partial charge in [-0.1, -0.05) is 26.0 Å². The van der Waals surface area contributed by atoms with Crippen LogP contribution in [0.4, 0.5) is 0 Å². The molecule has 0 radical (unpaired) electrons. The number of esters is 1. The maximum absolute atomic E-state index is 11.9. The Morgan fingerprint density at radius 2 is 1.94 bits per heavy atom. The van der Waals surface area contributed by atoms with Crippen LogP contribution >= 0.6 is 22.6 Å². The van der Waals surface area contributed by atoms with Crippen LogP contribution in [0.15, 0.2) is 24.3 Å². The van der Waals surface area contributed by atoms with Gasteiger partial charge in [-0.25, -0.2) is 0 Å². The molecule has 0 bridgehead atoms. The van der Waals surface area contributed by atoms with E-state index in [4.69, 9.17) is 4.74 Å². The van der Waals surface area contributed by atoms with Gasteiger partial charge < -0.3 is 10.1 Å². The summed E-state index contributed by atoms with van der Waals surface area (Å²) in [6.07, 6.45) is 0.661. The maximum Gasteiger partial charge on any atom is 0.323 e. The van der Waals surface area contributed by atoms with E-state index in [0.717, 1.165) is 5.56 Å². The minimum absolute atomic E-state index is 0.176. The molecule has 0 aliphatic rings. The summed E-state index contributed by atoms with van der Waals surface area (Å²) in [7, 11) is 0.